The Hall–Kier alpha value is -3.55. The molecule has 1 aliphatic rings. The van der Waals surface area contributed by atoms with E-state index in [4.69, 9.17) is 18.9 Å². The van der Waals surface area contributed by atoms with Crippen LogP contribution in [-0.2, 0) is 20.9 Å². The molecule has 0 aliphatic carbocycles. The molecule has 2 aromatic rings. The van der Waals surface area contributed by atoms with Crippen LogP contribution in [0.15, 0.2) is 42.5 Å². The predicted molar refractivity (Wildman–Crippen MR) is 102 cm³/mol. The first-order valence-corrected chi connectivity index (χ1v) is 9.12. The third-order valence-corrected chi connectivity index (χ3v) is 4.15. The highest BCUT2D eigenvalue weighted by molar-refractivity contribution is 5.95. The number of ketones is 1. The molecular formula is C21H21NO7. The molecule has 0 radical (unpaired) electrons. The molecule has 0 bridgehead atoms. The first-order valence-electron chi connectivity index (χ1n) is 9.12. The number of amides is 1. The highest BCUT2D eigenvalue weighted by Crippen LogP contribution is 2.32. The molecule has 152 valence electrons. The van der Waals surface area contributed by atoms with E-state index in [0.29, 0.717) is 29.2 Å². The molecule has 0 unspecified atom stereocenters. The van der Waals surface area contributed by atoms with Gasteiger partial charge in [0, 0.05) is 18.5 Å². The lowest BCUT2D eigenvalue weighted by Crippen LogP contribution is -2.29. The Morgan fingerprint density at radius 3 is 2.52 bits per heavy atom. The van der Waals surface area contributed by atoms with E-state index in [1.807, 2.05) is 6.07 Å². The van der Waals surface area contributed by atoms with Crippen LogP contribution in [0, 0.1) is 0 Å². The molecule has 8 heteroatoms. The van der Waals surface area contributed by atoms with Crippen molar-refractivity contribution >= 4 is 17.7 Å². The summed E-state index contributed by atoms with van der Waals surface area (Å²) in [4.78, 5) is 35.1. The largest absolute Gasteiger partial charge is 0.482 e. The quantitative estimate of drug-likeness (QED) is 0.510. The number of carbonyl (C=O) groups is 3. The Morgan fingerprint density at radius 2 is 1.76 bits per heavy atom. The van der Waals surface area contributed by atoms with Gasteiger partial charge in [0.25, 0.3) is 5.91 Å². The monoisotopic (exact) mass is 399 g/mol. The lowest BCUT2D eigenvalue weighted by atomic mass is 10.1. The van der Waals surface area contributed by atoms with E-state index in [0.717, 1.165) is 5.56 Å². The number of nitrogens with one attached hydrogen (secondary N) is 1. The van der Waals surface area contributed by atoms with Crippen molar-refractivity contribution in [2.45, 2.75) is 19.9 Å². The third kappa shape index (κ3) is 5.71. The number of hydrogen-bond acceptors (Lipinski definition) is 7. The number of benzene rings is 2. The normalized spacial score (nSPS) is 11.6. The number of fused-ring (bicyclic) bond motifs is 1. The van der Waals surface area contributed by atoms with Crippen LogP contribution in [0.1, 0.15) is 29.3 Å². The first-order chi connectivity index (χ1) is 14.0. The summed E-state index contributed by atoms with van der Waals surface area (Å²) in [5.41, 5.74) is 1.42. The molecule has 0 spiro atoms. The van der Waals surface area contributed by atoms with Gasteiger partial charge in [-0.15, -0.1) is 0 Å². The van der Waals surface area contributed by atoms with Gasteiger partial charge in [-0.1, -0.05) is 13.0 Å². The van der Waals surface area contributed by atoms with Crippen LogP contribution >= 0.6 is 0 Å². The van der Waals surface area contributed by atoms with Crippen molar-refractivity contribution in [1.29, 1.82) is 0 Å². The molecule has 1 N–H and O–H groups in total. The number of rotatable bonds is 9. The minimum atomic E-state index is -0.669. The topological polar surface area (TPSA) is 100 Å². The maximum atomic E-state index is 11.8. The standard InChI is InChI=1S/C21H21NO7/c1-2-17(23)15-4-6-16(7-5-15)26-12-21(25)27-11-20(24)22-10-14-3-8-18-19(9-14)29-13-28-18/h3-9H,2,10-13H2,1H3,(H,22,24). The maximum absolute atomic E-state index is 11.8. The Bertz CT molecular complexity index is 892. The van der Waals surface area contributed by atoms with Gasteiger partial charge >= 0.3 is 5.97 Å². The molecule has 29 heavy (non-hydrogen) atoms. The van der Waals surface area contributed by atoms with Crippen molar-refractivity contribution in [2.24, 2.45) is 0 Å². The lowest BCUT2D eigenvalue weighted by molar-refractivity contribution is -0.150. The van der Waals surface area contributed by atoms with Crippen LogP contribution < -0.4 is 19.5 Å². The second kappa shape index (κ2) is 9.59. The van der Waals surface area contributed by atoms with Crippen molar-refractivity contribution in [3.8, 4) is 17.2 Å². The zero-order valence-corrected chi connectivity index (χ0v) is 15.9. The highest BCUT2D eigenvalue weighted by atomic mass is 16.7. The fourth-order valence-corrected chi connectivity index (χ4v) is 2.57. The van der Waals surface area contributed by atoms with Crippen LogP contribution in [0.2, 0.25) is 0 Å². The lowest BCUT2D eigenvalue weighted by Gasteiger charge is -2.09. The summed E-state index contributed by atoms with van der Waals surface area (Å²) in [6, 6.07) is 11.8. The van der Waals surface area contributed by atoms with E-state index in [2.05, 4.69) is 5.32 Å². The number of Topliss-reactive ketones (excluding diaryl/α,β-unsaturated/α-hetero) is 1. The van der Waals surface area contributed by atoms with E-state index in [1.165, 1.54) is 0 Å². The number of hydrogen-bond donors (Lipinski definition) is 1. The van der Waals surface area contributed by atoms with Crippen molar-refractivity contribution in [3.05, 3.63) is 53.6 Å². The van der Waals surface area contributed by atoms with Crippen molar-refractivity contribution in [1.82, 2.24) is 5.32 Å². The summed E-state index contributed by atoms with van der Waals surface area (Å²) in [6.07, 6.45) is 0.420. The molecule has 8 nitrogen and oxygen atoms in total. The number of ether oxygens (including phenoxy) is 4. The number of esters is 1. The van der Waals surface area contributed by atoms with Gasteiger partial charge in [-0.3, -0.25) is 9.59 Å². The molecule has 1 aliphatic heterocycles. The minimum Gasteiger partial charge on any atom is -0.482 e. The summed E-state index contributed by atoms with van der Waals surface area (Å²) in [5, 5.41) is 2.66. The molecule has 0 saturated heterocycles. The van der Waals surface area contributed by atoms with Gasteiger partial charge in [-0.25, -0.2) is 4.79 Å². The molecule has 0 saturated carbocycles. The Balaban J connectivity index is 1.35. The van der Waals surface area contributed by atoms with Crippen LogP contribution in [0.3, 0.4) is 0 Å². The van der Waals surface area contributed by atoms with Gasteiger partial charge in [0.05, 0.1) is 0 Å². The minimum absolute atomic E-state index is 0.0303. The third-order valence-electron chi connectivity index (χ3n) is 4.15. The zero-order valence-electron chi connectivity index (χ0n) is 15.9. The first kappa shape index (κ1) is 20.2. The molecule has 3 rings (SSSR count). The summed E-state index contributed by atoms with van der Waals surface area (Å²) in [5.74, 6) is 0.660. The molecule has 0 fully saturated rings. The maximum Gasteiger partial charge on any atom is 0.344 e. The second-order valence-corrected chi connectivity index (χ2v) is 6.21. The van der Waals surface area contributed by atoms with Gasteiger partial charge in [0.1, 0.15) is 5.75 Å². The van der Waals surface area contributed by atoms with Crippen LogP contribution in [0.5, 0.6) is 17.2 Å². The SMILES string of the molecule is CCC(=O)c1ccc(OCC(=O)OCC(=O)NCc2ccc3c(c2)OCO3)cc1. The fourth-order valence-electron chi connectivity index (χ4n) is 2.57. The molecule has 1 heterocycles. The van der Waals surface area contributed by atoms with Crippen LogP contribution in [0.25, 0.3) is 0 Å². The van der Waals surface area contributed by atoms with E-state index in [9.17, 15) is 14.4 Å². The van der Waals surface area contributed by atoms with Gasteiger partial charge in [-0.2, -0.15) is 0 Å². The van der Waals surface area contributed by atoms with Crippen molar-refractivity contribution < 1.29 is 33.3 Å². The summed E-state index contributed by atoms with van der Waals surface area (Å²) in [6.45, 7) is 1.50. The van der Waals surface area contributed by atoms with Gasteiger partial charge in [0.15, 0.2) is 30.5 Å². The summed E-state index contributed by atoms with van der Waals surface area (Å²) in [7, 11) is 0. The van der Waals surface area contributed by atoms with Crippen molar-refractivity contribution in [2.75, 3.05) is 20.0 Å². The van der Waals surface area contributed by atoms with E-state index in [-0.39, 0.29) is 25.7 Å². The van der Waals surface area contributed by atoms with Gasteiger partial charge in [-0.05, 0) is 42.0 Å². The molecule has 2 aromatic carbocycles. The average molecular weight is 399 g/mol. The highest BCUT2D eigenvalue weighted by Gasteiger charge is 2.14. The average Bonchev–Trinajstić information content (AvgIpc) is 3.22. The molecule has 0 atom stereocenters. The van der Waals surface area contributed by atoms with Crippen LogP contribution in [-0.4, -0.2) is 37.7 Å². The van der Waals surface area contributed by atoms with Gasteiger partial charge in [0.2, 0.25) is 6.79 Å². The second-order valence-electron chi connectivity index (χ2n) is 6.21. The predicted octanol–water partition coefficient (Wildman–Crippen LogP) is 2.25. The summed E-state index contributed by atoms with van der Waals surface area (Å²) >= 11 is 0. The molecular weight excluding hydrogens is 378 g/mol. The number of carbonyl (C=O) groups excluding carboxylic acids is 3. The Morgan fingerprint density at radius 1 is 1.00 bits per heavy atom. The van der Waals surface area contributed by atoms with Crippen molar-refractivity contribution in [3.63, 3.8) is 0 Å². The fraction of sp³-hybridized carbons (Fsp3) is 0.286. The molecule has 0 aromatic heterocycles. The van der Waals surface area contributed by atoms with Gasteiger partial charge < -0.3 is 24.3 Å². The van der Waals surface area contributed by atoms with E-state index >= 15 is 0 Å². The van der Waals surface area contributed by atoms with E-state index < -0.39 is 18.5 Å². The zero-order chi connectivity index (χ0) is 20.6. The van der Waals surface area contributed by atoms with Crippen LogP contribution in [0.4, 0.5) is 0 Å². The Kier molecular flexibility index (Phi) is 6.67. The Labute approximate surface area is 167 Å². The smallest absolute Gasteiger partial charge is 0.344 e. The van der Waals surface area contributed by atoms with E-state index in [1.54, 1.807) is 43.3 Å². The molecule has 1 amide bonds. The summed E-state index contributed by atoms with van der Waals surface area (Å²) < 4.78 is 20.7.